The molecular weight excluding hydrogens is 168 g/mol. The fourth-order valence-corrected chi connectivity index (χ4v) is 0.657. The summed E-state index contributed by atoms with van der Waals surface area (Å²) in [7, 11) is 1.06. The highest BCUT2D eigenvalue weighted by atomic mass is 19.3. The minimum Gasteiger partial charge on any atom is -0.463 e. The Morgan fingerprint density at radius 3 is 2.50 bits per heavy atom. The molecule has 12 heavy (non-hydrogen) atoms. The van der Waals surface area contributed by atoms with E-state index in [1.807, 2.05) is 0 Å². The predicted octanol–water partition coefficient (Wildman–Crippen LogP) is 1.49. The van der Waals surface area contributed by atoms with Crippen molar-refractivity contribution in [3.05, 3.63) is 11.4 Å². The molecule has 0 aliphatic heterocycles. The van der Waals surface area contributed by atoms with Crippen LogP contribution in [0, 0.1) is 6.57 Å². The first-order valence-electron chi connectivity index (χ1n) is 3.23. The van der Waals surface area contributed by atoms with Crippen LogP contribution in [0.15, 0.2) is 0 Å². The van der Waals surface area contributed by atoms with Gasteiger partial charge in [-0.15, -0.1) is 0 Å². The summed E-state index contributed by atoms with van der Waals surface area (Å²) in [6.45, 7) is 7.13. The SMILES string of the molecule is [C-]#[N+][C@@H](CC(C)(F)F)C(=O)OC. The van der Waals surface area contributed by atoms with E-state index in [0.717, 1.165) is 7.11 Å². The summed E-state index contributed by atoms with van der Waals surface area (Å²) in [6, 6.07) is -1.39. The second-order valence-corrected chi connectivity index (χ2v) is 2.44. The molecule has 0 aromatic carbocycles. The third-order valence-corrected chi connectivity index (χ3v) is 1.18. The molecule has 0 aromatic heterocycles. The zero-order valence-electron chi connectivity index (χ0n) is 6.80. The fourth-order valence-electron chi connectivity index (χ4n) is 0.657. The van der Waals surface area contributed by atoms with Crippen LogP contribution in [0.1, 0.15) is 13.3 Å². The van der Waals surface area contributed by atoms with E-state index in [1.165, 1.54) is 0 Å². The van der Waals surface area contributed by atoms with Gasteiger partial charge in [0.2, 0.25) is 0 Å². The van der Waals surface area contributed by atoms with E-state index in [2.05, 4.69) is 9.58 Å². The lowest BCUT2D eigenvalue weighted by Crippen LogP contribution is -2.26. The Labute approximate surface area is 69.1 Å². The van der Waals surface area contributed by atoms with Crippen molar-refractivity contribution in [3.63, 3.8) is 0 Å². The monoisotopic (exact) mass is 177 g/mol. The number of carbonyl (C=O) groups excluding carboxylic acids is 1. The summed E-state index contributed by atoms with van der Waals surface area (Å²) in [5.41, 5.74) is 0. The van der Waals surface area contributed by atoms with Gasteiger partial charge in [0.1, 0.15) is 0 Å². The molecule has 0 rings (SSSR count). The highest BCUT2D eigenvalue weighted by Gasteiger charge is 2.36. The van der Waals surface area contributed by atoms with Gasteiger partial charge in [-0.25, -0.2) is 20.1 Å². The molecule has 0 amide bonds. The molecule has 1 atom stereocenters. The van der Waals surface area contributed by atoms with Crippen LogP contribution in [0.4, 0.5) is 8.78 Å². The third kappa shape index (κ3) is 3.86. The zero-order chi connectivity index (χ0) is 9.78. The average molecular weight is 177 g/mol. The largest absolute Gasteiger partial charge is 0.463 e. The molecule has 0 radical (unpaired) electrons. The molecule has 0 aliphatic rings. The first kappa shape index (κ1) is 10.8. The van der Waals surface area contributed by atoms with Crippen molar-refractivity contribution in [2.75, 3.05) is 7.11 Å². The maximum atomic E-state index is 12.3. The molecule has 5 heteroatoms. The number of ether oxygens (including phenoxy) is 1. The summed E-state index contributed by atoms with van der Waals surface area (Å²) in [6.07, 6.45) is -0.789. The number of alkyl halides is 2. The predicted molar refractivity (Wildman–Crippen MR) is 37.6 cm³/mol. The third-order valence-electron chi connectivity index (χ3n) is 1.18. The standard InChI is InChI=1S/C7H9F2NO2/c1-7(8,9)4-5(10-2)6(11)12-3/h5H,4H2,1,3H3/t5-/m0/s1. The van der Waals surface area contributed by atoms with Gasteiger partial charge in [-0.3, -0.25) is 0 Å². The van der Waals surface area contributed by atoms with Crippen molar-refractivity contribution in [2.24, 2.45) is 0 Å². The molecule has 0 bridgehead atoms. The number of hydrogen-bond donors (Lipinski definition) is 0. The Morgan fingerprint density at radius 1 is 1.75 bits per heavy atom. The highest BCUT2D eigenvalue weighted by Crippen LogP contribution is 2.21. The Hall–Kier alpha value is -1.18. The molecule has 0 spiro atoms. The topological polar surface area (TPSA) is 30.7 Å². The maximum Gasteiger partial charge on any atom is 0.390 e. The van der Waals surface area contributed by atoms with Crippen molar-refractivity contribution >= 4 is 5.97 Å². The van der Waals surface area contributed by atoms with Gasteiger partial charge >= 0.3 is 12.0 Å². The van der Waals surface area contributed by atoms with Crippen LogP contribution in [0.25, 0.3) is 4.85 Å². The van der Waals surface area contributed by atoms with Crippen LogP contribution in [-0.4, -0.2) is 25.0 Å². The number of carbonyl (C=O) groups is 1. The zero-order valence-corrected chi connectivity index (χ0v) is 6.80. The number of halogens is 2. The lowest BCUT2D eigenvalue weighted by Gasteiger charge is -2.09. The Morgan fingerprint density at radius 2 is 2.25 bits per heavy atom. The quantitative estimate of drug-likeness (QED) is 0.483. The lowest BCUT2D eigenvalue weighted by atomic mass is 10.1. The molecule has 0 unspecified atom stereocenters. The van der Waals surface area contributed by atoms with Crippen molar-refractivity contribution in [1.29, 1.82) is 0 Å². The number of rotatable bonds is 3. The number of hydrogen-bond acceptors (Lipinski definition) is 2. The maximum absolute atomic E-state index is 12.3. The molecule has 0 saturated carbocycles. The molecule has 68 valence electrons. The second kappa shape index (κ2) is 4.00. The summed E-state index contributed by atoms with van der Waals surface area (Å²) in [5, 5.41) is 0. The first-order valence-corrected chi connectivity index (χ1v) is 3.23. The van der Waals surface area contributed by atoms with Gasteiger partial charge in [0, 0.05) is 0 Å². The molecule has 3 nitrogen and oxygen atoms in total. The van der Waals surface area contributed by atoms with E-state index in [-0.39, 0.29) is 0 Å². The fraction of sp³-hybridized carbons (Fsp3) is 0.714. The Bertz CT molecular complexity index is 204. The van der Waals surface area contributed by atoms with E-state index in [4.69, 9.17) is 6.57 Å². The van der Waals surface area contributed by atoms with Crippen LogP contribution in [0.5, 0.6) is 0 Å². The number of methoxy groups -OCH3 is 1. The summed E-state index contributed by atoms with van der Waals surface area (Å²) in [4.78, 5) is 13.4. The van der Waals surface area contributed by atoms with Crippen molar-refractivity contribution < 1.29 is 18.3 Å². The van der Waals surface area contributed by atoms with E-state index in [0.29, 0.717) is 6.92 Å². The van der Waals surface area contributed by atoms with Crippen molar-refractivity contribution in [1.82, 2.24) is 0 Å². The van der Waals surface area contributed by atoms with Crippen molar-refractivity contribution in [2.45, 2.75) is 25.3 Å². The van der Waals surface area contributed by atoms with E-state index in [1.54, 1.807) is 0 Å². The van der Waals surface area contributed by atoms with Gasteiger partial charge in [0.15, 0.2) is 0 Å². The molecule has 0 aromatic rings. The normalized spacial score (nSPS) is 13.2. The van der Waals surface area contributed by atoms with Crippen LogP contribution >= 0.6 is 0 Å². The number of esters is 1. The first-order chi connectivity index (χ1) is 5.40. The van der Waals surface area contributed by atoms with Crippen LogP contribution in [-0.2, 0) is 9.53 Å². The van der Waals surface area contributed by atoms with Gasteiger partial charge < -0.3 is 9.58 Å². The smallest absolute Gasteiger partial charge is 0.390 e. The molecule has 0 saturated heterocycles. The van der Waals surface area contributed by atoms with Gasteiger partial charge in [0.05, 0.1) is 13.5 Å². The minimum atomic E-state index is -3.01. The Balaban J connectivity index is 4.22. The summed E-state index contributed by atoms with van der Waals surface area (Å²) in [5.74, 6) is -3.92. The van der Waals surface area contributed by atoms with Crippen LogP contribution in [0.3, 0.4) is 0 Å². The van der Waals surface area contributed by atoms with Crippen LogP contribution < -0.4 is 0 Å². The van der Waals surface area contributed by atoms with Gasteiger partial charge in [-0.2, -0.15) is 0 Å². The Kier molecular flexibility index (Phi) is 3.61. The molecule has 0 fully saturated rings. The number of nitrogens with zero attached hydrogens (tertiary/aromatic N) is 1. The minimum absolute atomic E-state index is 0.661. The molecular formula is C7H9F2NO2. The van der Waals surface area contributed by atoms with Gasteiger partial charge in [-0.05, 0) is 6.92 Å². The van der Waals surface area contributed by atoms with E-state index in [9.17, 15) is 13.6 Å². The van der Waals surface area contributed by atoms with Crippen molar-refractivity contribution in [3.8, 4) is 0 Å². The highest BCUT2D eigenvalue weighted by molar-refractivity contribution is 5.77. The van der Waals surface area contributed by atoms with E-state index >= 15 is 0 Å². The summed E-state index contributed by atoms with van der Waals surface area (Å²) >= 11 is 0. The van der Waals surface area contributed by atoms with E-state index < -0.39 is 24.4 Å². The molecule has 0 heterocycles. The van der Waals surface area contributed by atoms with Gasteiger partial charge in [-0.1, -0.05) is 0 Å². The molecule has 0 aliphatic carbocycles. The second-order valence-electron chi connectivity index (χ2n) is 2.44. The van der Waals surface area contributed by atoms with Crippen LogP contribution in [0.2, 0.25) is 0 Å². The summed E-state index contributed by atoms with van der Waals surface area (Å²) < 4.78 is 28.8. The lowest BCUT2D eigenvalue weighted by molar-refractivity contribution is -0.143. The molecule has 0 N–H and O–H groups in total. The van der Waals surface area contributed by atoms with Gasteiger partial charge in [0.25, 0.3) is 5.92 Å². The average Bonchev–Trinajstić information content (AvgIpc) is 1.97.